The van der Waals surface area contributed by atoms with Gasteiger partial charge in [-0.2, -0.15) is 20.1 Å². The quantitative estimate of drug-likeness (QED) is 0.683. The predicted octanol–water partition coefficient (Wildman–Crippen LogP) is 2.80. The fraction of sp³-hybridized carbons (Fsp3) is 0. The summed E-state index contributed by atoms with van der Waals surface area (Å²) >= 11 is 5.75. The molecule has 0 spiro atoms. The third-order valence-electron chi connectivity index (χ3n) is 2.56. The molecule has 0 aliphatic rings. The zero-order valence-electron chi connectivity index (χ0n) is 10.1. The molecule has 21 heavy (non-hydrogen) atoms. The summed E-state index contributed by atoms with van der Waals surface area (Å²) in [6, 6.07) is 2.69. The van der Waals surface area contributed by atoms with E-state index in [1.165, 1.54) is 17.1 Å². The molecule has 3 aromatic rings. The van der Waals surface area contributed by atoms with E-state index in [9.17, 15) is 13.2 Å². The molecule has 0 saturated carbocycles. The normalized spacial score (nSPS) is 10.9. The first-order valence-electron chi connectivity index (χ1n) is 5.61. The summed E-state index contributed by atoms with van der Waals surface area (Å²) in [5.74, 6) is -3.73. The van der Waals surface area contributed by atoms with E-state index in [1.54, 1.807) is 6.07 Å². The Hall–Kier alpha value is -2.48. The first-order chi connectivity index (χ1) is 10.0. The largest absolute Gasteiger partial charge is 0.255 e. The van der Waals surface area contributed by atoms with Crippen LogP contribution in [0.5, 0.6) is 0 Å². The van der Waals surface area contributed by atoms with Crippen LogP contribution in [0, 0.1) is 17.5 Å². The van der Waals surface area contributed by atoms with Gasteiger partial charge in [0.1, 0.15) is 5.82 Å². The van der Waals surface area contributed by atoms with Gasteiger partial charge >= 0.3 is 0 Å². The van der Waals surface area contributed by atoms with Gasteiger partial charge < -0.3 is 0 Å². The molecule has 0 saturated heterocycles. The Morgan fingerprint density at radius 1 is 0.952 bits per heavy atom. The van der Waals surface area contributed by atoms with Gasteiger partial charge in [-0.1, -0.05) is 0 Å². The lowest BCUT2D eigenvalue weighted by Crippen LogP contribution is -2.06. The molecular weight excluding hydrogens is 307 g/mol. The molecule has 2 aromatic heterocycles. The number of benzene rings is 1. The van der Waals surface area contributed by atoms with E-state index >= 15 is 0 Å². The molecule has 1 aromatic carbocycles. The second-order valence-corrected chi connectivity index (χ2v) is 4.26. The van der Waals surface area contributed by atoms with Gasteiger partial charge in [-0.15, -0.1) is 0 Å². The fourth-order valence-corrected chi connectivity index (χ4v) is 1.80. The maximum atomic E-state index is 13.7. The van der Waals surface area contributed by atoms with E-state index in [2.05, 4.69) is 20.1 Å². The fourth-order valence-electron chi connectivity index (χ4n) is 1.64. The molecule has 0 aliphatic carbocycles. The van der Waals surface area contributed by atoms with Crippen LogP contribution in [0.3, 0.4) is 0 Å². The number of aromatic nitrogens is 5. The summed E-state index contributed by atoms with van der Waals surface area (Å²) in [4.78, 5) is 11.5. The third kappa shape index (κ3) is 2.57. The Morgan fingerprint density at radius 3 is 2.43 bits per heavy atom. The second-order valence-electron chi connectivity index (χ2n) is 3.92. The Bertz CT molecular complexity index is 807. The van der Waals surface area contributed by atoms with E-state index in [-0.39, 0.29) is 22.6 Å². The molecular formula is C12H5ClF3N5. The molecule has 9 heteroatoms. The minimum absolute atomic E-state index is 0.0270. The molecule has 0 atom stereocenters. The molecule has 2 heterocycles. The summed E-state index contributed by atoms with van der Waals surface area (Å²) in [5, 5.41) is 3.67. The van der Waals surface area contributed by atoms with Gasteiger partial charge in [-0.3, -0.25) is 0 Å². The highest BCUT2D eigenvalue weighted by Gasteiger charge is 2.16. The minimum atomic E-state index is -1.30. The minimum Gasteiger partial charge on any atom is -0.206 e. The van der Waals surface area contributed by atoms with Crippen LogP contribution in [-0.2, 0) is 0 Å². The van der Waals surface area contributed by atoms with Crippen molar-refractivity contribution in [1.82, 2.24) is 24.7 Å². The lowest BCUT2D eigenvalue weighted by atomic mass is 10.2. The molecule has 106 valence electrons. The summed E-state index contributed by atoms with van der Waals surface area (Å²) < 4.78 is 41.2. The highest BCUT2D eigenvalue weighted by atomic mass is 35.5. The third-order valence-corrected chi connectivity index (χ3v) is 2.73. The number of nitrogens with zero attached hydrogens (tertiary/aromatic N) is 5. The van der Waals surface area contributed by atoms with Gasteiger partial charge in [-0.05, 0) is 23.7 Å². The van der Waals surface area contributed by atoms with E-state index in [0.29, 0.717) is 12.1 Å². The number of halogens is 4. The average molecular weight is 312 g/mol. The summed E-state index contributed by atoms with van der Waals surface area (Å²) in [6.07, 6.45) is 3.02. The van der Waals surface area contributed by atoms with Crippen molar-refractivity contribution < 1.29 is 13.2 Å². The molecule has 0 amide bonds. The smallest absolute Gasteiger partial charge is 0.206 e. The van der Waals surface area contributed by atoms with Gasteiger partial charge in [0.2, 0.25) is 5.28 Å². The van der Waals surface area contributed by atoms with Crippen molar-refractivity contribution in [3.8, 4) is 17.3 Å². The lowest BCUT2D eigenvalue weighted by molar-refractivity contribution is 0.496. The van der Waals surface area contributed by atoms with Gasteiger partial charge in [0.15, 0.2) is 17.5 Å². The monoisotopic (exact) mass is 311 g/mol. The first-order valence-corrected chi connectivity index (χ1v) is 5.99. The Kier molecular flexibility index (Phi) is 3.30. The molecule has 0 fully saturated rings. The highest BCUT2D eigenvalue weighted by Crippen LogP contribution is 2.23. The molecule has 0 unspecified atom stereocenters. The van der Waals surface area contributed by atoms with Crippen LogP contribution in [-0.4, -0.2) is 24.7 Å². The summed E-state index contributed by atoms with van der Waals surface area (Å²) in [5.41, 5.74) is -0.327. The molecule has 3 rings (SSSR count). The van der Waals surface area contributed by atoms with E-state index in [0.717, 1.165) is 0 Å². The SMILES string of the molecule is Fc1cc(F)c(-c2nc(Cl)nc(-n3cccn3)n2)cc1F. The van der Waals surface area contributed by atoms with E-state index in [4.69, 9.17) is 11.6 Å². The predicted molar refractivity (Wildman–Crippen MR) is 67.3 cm³/mol. The van der Waals surface area contributed by atoms with Crippen molar-refractivity contribution in [1.29, 1.82) is 0 Å². The Balaban J connectivity index is 2.17. The van der Waals surface area contributed by atoms with Crippen molar-refractivity contribution >= 4 is 11.6 Å². The van der Waals surface area contributed by atoms with Crippen LogP contribution in [0.25, 0.3) is 17.3 Å². The zero-order valence-corrected chi connectivity index (χ0v) is 10.9. The number of hydrogen-bond donors (Lipinski definition) is 0. The van der Waals surface area contributed by atoms with Crippen LogP contribution in [0.2, 0.25) is 5.28 Å². The van der Waals surface area contributed by atoms with Crippen LogP contribution < -0.4 is 0 Å². The summed E-state index contributed by atoms with van der Waals surface area (Å²) in [6.45, 7) is 0. The lowest BCUT2D eigenvalue weighted by Gasteiger charge is -2.06. The Labute approximate surface area is 121 Å². The van der Waals surface area contributed by atoms with Crippen LogP contribution in [0.1, 0.15) is 0 Å². The Morgan fingerprint density at radius 2 is 1.71 bits per heavy atom. The van der Waals surface area contributed by atoms with Crippen molar-refractivity contribution in [3.63, 3.8) is 0 Å². The number of rotatable bonds is 2. The summed E-state index contributed by atoms with van der Waals surface area (Å²) in [7, 11) is 0. The molecule has 0 N–H and O–H groups in total. The standard InChI is InChI=1S/C12H5ClF3N5/c13-11-18-10(6-4-8(15)9(16)5-7(6)14)19-12(20-11)21-3-1-2-17-21/h1-5H. The van der Waals surface area contributed by atoms with Crippen molar-refractivity contribution in [2.24, 2.45) is 0 Å². The van der Waals surface area contributed by atoms with Gasteiger partial charge in [0, 0.05) is 18.5 Å². The highest BCUT2D eigenvalue weighted by molar-refractivity contribution is 6.28. The van der Waals surface area contributed by atoms with Gasteiger partial charge in [0.25, 0.3) is 5.95 Å². The van der Waals surface area contributed by atoms with Gasteiger partial charge in [-0.25, -0.2) is 17.9 Å². The van der Waals surface area contributed by atoms with Crippen molar-refractivity contribution in [2.45, 2.75) is 0 Å². The maximum Gasteiger partial charge on any atom is 0.255 e. The number of hydrogen-bond acceptors (Lipinski definition) is 4. The first kappa shape index (κ1) is 13.5. The van der Waals surface area contributed by atoms with Crippen LogP contribution >= 0.6 is 11.6 Å². The van der Waals surface area contributed by atoms with Gasteiger partial charge in [0.05, 0.1) is 5.56 Å². The topological polar surface area (TPSA) is 56.5 Å². The average Bonchev–Trinajstić information content (AvgIpc) is 2.96. The van der Waals surface area contributed by atoms with Crippen LogP contribution in [0.4, 0.5) is 13.2 Å². The second kappa shape index (κ2) is 5.13. The maximum absolute atomic E-state index is 13.7. The zero-order chi connectivity index (χ0) is 15.0. The van der Waals surface area contributed by atoms with Crippen molar-refractivity contribution in [3.05, 3.63) is 53.3 Å². The molecule has 0 bridgehead atoms. The van der Waals surface area contributed by atoms with Crippen molar-refractivity contribution in [2.75, 3.05) is 0 Å². The van der Waals surface area contributed by atoms with Crippen LogP contribution in [0.15, 0.2) is 30.6 Å². The van der Waals surface area contributed by atoms with E-state index in [1.807, 2.05) is 0 Å². The molecule has 0 aliphatic heterocycles. The molecule has 5 nitrogen and oxygen atoms in total. The molecule has 0 radical (unpaired) electrons. The van der Waals surface area contributed by atoms with E-state index < -0.39 is 17.5 Å².